The number of ketones is 1. The van der Waals surface area contributed by atoms with Gasteiger partial charge in [0.05, 0.1) is 0 Å². The van der Waals surface area contributed by atoms with E-state index in [1.807, 2.05) is 6.07 Å². The summed E-state index contributed by atoms with van der Waals surface area (Å²) in [6.45, 7) is 0.545. The molecule has 0 aliphatic rings. The first kappa shape index (κ1) is 10.5. The fourth-order valence-corrected chi connectivity index (χ4v) is 1.43. The zero-order valence-electron chi connectivity index (χ0n) is 8.64. The quantitative estimate of drug-likeness (QED) is 0.738. The van der Waals surface area contributed by atoms with E-state index in [0.717, 1.165) is 0 Å². The van der Waals surface area contributed by atoms with Gasteiger partial charge in [0.25, 0.3) is 0 Å². The molecule has 0 N–H and O–H groups in total. The van der Waals surface area contributed by atoms with Gasteiger partial charge in [-0.3, -0.25) is 9.48 Å². The van der Waals surface area contributed by atoms with Gasteiger partial charge >= 0.3 is 0 Å². The standard InChI is InChI=1S/C12H11FN2O/c13-11-4-2-10(3-5-11)12(16)6-9-15-8-1-7-14-15/h1-5,7-8H,6,9H2. The van der Waals surface area contributed by atoms with Gasteiger partial charge in [0.2, 0.25) is 0 Å². The van der Waals surface area contributed by atoms with Crippen LogP contribution >= 0.6 is 0 Å². The third-order valence-corrected chi connectivity index (χ3v) is 2.29. The van der Waals surface area contributed by atoms with E-state index < -0.39 is 0 Å². The highest BCUT2D eigenvalue weighted by molar-refractivity contribution is 5.95. The number of nitrogens with zero attached hydrogens (tertiary/aromatic N) is 2. The first-order valence-electron chi connectivity index (χ1n) is 5.02. The van der Waals surface area contributed by atoms with Gasteiger partial charge in [0.15, 0.2) is 5.78 Å². The minimum Gasteiger partial charge on any atom is -0.294 e. The Balaban J connectivity index is 1.95. The zero-order chi connectivity index (χ0) is 11.4. The molecule has 3 nitrogen and oxygen atoms in total. The van der Waals surface area contributed by atoms with Gasteiger partial charge in [-0.25, -0.2) is 4.39 Å². The highest BCUT2D eigenvalue weighted by Crippen LogP contribution is 2.06. The SMILES string of the molecule is O=C(CCn1cccn1)c1ccc(F)cc1. The molecule has 0 amide bonds. The molecular weight excluding hydrogens is 207 g/mol. The summed E-state index contributed by atoms with van der Waals surface area (Å²) in [5, 5.41) is 4.00. The van der Waals surface area contributed by atoms with Gasteiger partial charge in [0, 0.05) is 30.9 Å². The number of hydrogen-bond donors (Lipinski definition) is 0. The minimum atomic E-state index is -0.330. The third-order valence-electron chi connectivity index (χ3n) is 2.29. The molecule has 0 unspecified atom stereocenters. The van der Waals surface area contributed by atoms with Crippen LogP contribution in [0.4, 0.5) is 4.39 Å². The monoisotopic (exact) mass is 218 g/mol. The summed E-state index contributed by atoms with van der Waals surface area (Å²) in [6, 6.07) is 7.40. The van der Waals surface area contributed by atoms with E-state index in [4.69, 9.17) is 0 Å². The van der Waals surface area contributed by atoms with Gasteiger partial charge in [0.1, 0.15) is 5.82 Å². The van der Waals surface area contributed by atoms with Crippen molar-refractivity contribution in [2.45, 2.75) is 13.0 Å². The third kappa shape index (κ3) is 2.53. The maximum absolute atomic E-state index is 12.6. The van der Waals surface area contributed by atoms with Crippen LogP contribution in [0.3, 0.4) is 0 Å². The van der Waals surface area contributed by atoms with Gasteiger partial charge in [-0.05, 0) is 30.3 Å². The van der Waals surface area contributed by atoms with Crippen LogP contribution in [0.2, 0.25) is 0 Å². The summed E-state index contributed by atoms with van der Waals surface area (Å²) in [6.07, 6.45) is 3.84. The molecule has 2 rings (SSSR count). The number of carbonyl (C=O) groups is 1. The second-order valence-electron chi connectivity index (χ2n) is 3.45. The number of carbonyl (C=O) groups excluding carboxylic acids is 1. The van der Waals surface area contributed by atoms with E-state index in [2.05, 4.69) is 5.10 Å². The molecule has 0 spiro atoms. The lowest BCUT2D eigenvalue weighted by molar-refractivity contribution is 0.0975. The van der Waals surface area contributed by atoms with Crippen LogP contribution in [0.15, 0.2) is 42.7 Å². The molecular formula is C12H11FN2O. The van der Waals surface area contributed by atoms with Crippen molar-refractivity contribution in [3.05, 3.63) is 54.1 Å². The Morgan fingerprint density at radius 1 is 1.31 bits per heavy atom. The van der Waals surface area contributed by atoms with E-state index in [1.165, 1.54) is 24.3 Å². The number of aromatic nitrogens is 2. The van der Waals surface area contributed by atoms with Gasteiger partial charge in [-0.1, -0.05) is 0 Å². The van der Waals surface area contributed by atoms with Gasteiger partial charge in [-0.2, -0.15) is 5.10 Å². The average Bonchev–Trinajstić information content (AvgIpc) is 2.80. The number of Topliss-reactive ketones (excluding diaryl/α,β-unsaturated/α-hetero) is 1. The molecule has 1 heterocycles. The van der Waals surface area contributed by atoms with E-state index in [9.17, 15) is 9.18 Å². The summed E-state index contributed by atoms with van der Waals surface area (Å²) in [5.41, 5.74) is 0.536. The van der Waals surface area contributed by atoms with Crippen molar-refractivity contribution in [2.75, 3.05) is 0 Å². The molecule has 4 heteroatoms. The molecule has 16 heavy (non-hydrogen) atoms. The van der Waals surface area contributed by atoms with E-state index in [1.54, 1.807) is 17.1 Å². The van der Waals surface area contributed by atoms with Crippen LogP contribution in [-0.4, -0.2) is 15.6 Å². The Morgan fingerprint density at radius 3 is 2.69 bits per heavy atom. The lowest BCUT2D eigenvalue weighted by atomic mass is 10.1. The average molecular weight is 218 g/mol. The summed E-state index contributed by atoms with van der Waals surface area (Å²) in [5.74, 6) is -0.334. The van der Waals surface area contributed by atoms with E-state index >= 15 is 0 Å². The predicted molar refractivity (Wildman–Crippen MR) is 57.6 cm³/mol. The van der Waals surface area contributed by atoms with Crippen molar-refractivity contribution in [2.24, 2.45) is 0 Å². The molecule has 82 valence electrons. The highest BCUT2D eigenvalue weighted by Gasteiger charge is 2.05. The van der Waals surface area contributed by atoms with Crippen LogP contribution in [0.25, 0.3) is 0 Å². The molecule has 1 aromatic carbocycles. The van der Waals surface area contributed by atoms with Crippen molar-refractivity contribution in [1.29, 1.82) is 0 Å². The smallest absolute Gasteiger partial charge is 0.164 e. The zero-order valence-corrected chi connectivity index (χ0v) is 8.64. The summed E-state index contributed by atoms with van der Waals surface area (Å²) in [7, 11) is 0. The summed E-state index contributed by atoms with van der Waals surface area (Å²) in [4.78, 5) is 11.7. The summed E-state index contributed by atoms with van der Waals surface area (Å²) >= 11 is 0. The second kappa shape index (κ2) is 4.70. The minimum absolute atomic E-state index is 0.00417. The van der Waals surface area contributed by atoms with Crippen LogP contribution in [0, 0.1) is 5.82 Å². The molecule has 2 aromatic rings. The van der Waals surface area contributed by atoms with Crippen molar-refractivity contribution < 1.29 is 9.18 Å². The van der Waals surface area contributed by atoms with Crippen LogP contribution in [-0.2, 0) is 6.54 Å². The van der Waals surface area contributed by atoms with E-state index in [0.29, 0.717) is 18.5 Å². The maximum atomic E-state index is 12.6. The number of aryl methyl sites for hydroxylation is 1. The first-order valence-corrected chi connectivity index (χ1v) is 5.02. The maximum Gasteiger partial charge on any atom is 0.164 e. The molecule has 0 bridgehead atoms. The Labute approximate surface area is 92.5 Å². The summed E-state index contributed by atoms with van der Waals surface area (Å²) < 4.78 is 14.3. The highest BCUT2D eigenvalue weighted by atomic mass is 19.1. The second-order valence-corrected chi connectivity index (χ2v) is 3.45. The lowest BCUT2D eigenvalue weighted by Crippen LogP contribution is -2.06. The van der Waals surface area contributed by atoms with Crippen LogP contribution in [0.1, 0.15) is 16.8 Å². The fourth-order valence-electron chi connectivity index (χ4n) is 1.43. The Morgan fingerprint density at radius 2 is 2.06 bits per heavy atom. The fraction of sp³-hybridized carbons (Fsp3) is 0.167. The number of hydrogen-bond acceptors (Lipinski definition) is 2. The number of rotatable bonds is 4. The topological polar surface area (TPSA) is 34.9 Å². The normalized spacial score (nSPS) is 10.3. The molecule has 0 aliphatic carbocycles. The molecule has 0 fully saturated rings. The Hall–Kier alpha value is -1.97. The number of benzene rings is 1. The van der Waals surface area contributed by atoms with Crippen molar-refractivity contribution in [3.8, 4) is 0 Å². The van der Waals surface area contributed by atoms with E-state index in [-0.39, 0.29) is 11.6 Å². The molecule has 0 aliphatic heterocycles. The Kier molecular flexibility index (Phi) is 3.10. The molecule has 0 saturated carbocycles. The molecule has 0 atom stereocenters. The largest absolute Gasteiger partial charge is 0.294 e. The van der Waals surface area contributed by atoms with Crippen LogP contribution in [0.5, 0.6) is 0 Å². The molecule has 1 aromatic heterocycles. The molecule has 0 radical (unpaired) electrons. The van der Waals surface area contributed by atoms with Gasteiger partial charge < -0.3 is 0 Å². The predicted octanol–water partition coefficient (Wildman–Crippen LogP) is 2.30. The molecule has 0 saturated heterocycles. The Bertz CT molecular complexity index is 462. The van der Waals surface area contributed by atoms with Crippen molar-refractivity contribution in [1.82, 2.24) is 9.78 Å². The van der Waals surface area contributed by atoms with Gasteiger partial charge in [-0.15, -0.1) is 0 Å². The number of halogens is 1. The van der Waals surface area contributed by atoms with Crippen LogP contribution < -0.4 is 0 Å². The van der Waals surface area contributed by atoms with Crippen molar-refractivity contribution >= 4 is 5.78 Å². The first-order chi connectivity index (χ1) is 7.75. The lowest BCUT2D eigenvalue weighted by Gasteiger charge is -2.01. The van der Waals surface area contributed by atoms with Crippen molar-refractivity contribution in [3.63, 3.8) is 0 Å².